The lowest BCUT2D eigenvalue weighted by atomic mass is 9.91. The van der Waals surface area contributed by atoms with Crippen molar-refractivity contribution in [2.45, 2.75) is 11.0 Å². The van der Waals surface area contributed by atoms with Crippen molar-refractivity contribution in [1.82, 2.24) is 0 Å². The molecule has 1 aliphatic rings. The van der Waals surface area contributed by atoms with E-state index in [1.54, 1.807) is 0 Å². The van der Waals surface area contributed by atoms with Crippen LogP contribution in [0.1, 0.15) is 5.56 Å². The lowest BCUT2D eigenvalue weighted by molar-refractivity contribution is -0.139. The predicted octanol–water partition coefficient (Wildman–Crippen LogP) is 3.04. The number of halogens is 2. The summed E-state index contributed by atoms with van der Waals surface area (Å²) in [7, 11) is 0. The number of carboxylic acid groups (broad SMARTS) is 1. The van der Waals surface area contributed by atoms with Crippen LogP contribution in [-0.2, 0) is 4.79 Å². The Kier molecular flexibility index (Phi) is 3.03. The Morgan fingerprint density at radius 2 is 2.00 bits per heavy atom. The van der Waals surface area contributed by atoms with Gasteiger partial charge in [0.05, 0.1) is 0 Å². The fourth-order valence-electron chi connectivity index (χ4n) is 1.65. The number of allylic oxidation sites excluding steroid dienone is 3. The van der Waals surface area contributed by atoms with Gasteiger partial charge in [-0.3, -0.25) is 0 Å². The highest BCUT2D eigenvalue weighted by molar-refractivity contribution is 6.36. The Labute approximate surface area is 103 Å². The summed E-state index contributed by atoms with van der Waals surface area (Å²) in [5, 5.41) is 8.87. The third-order valence-electron chi connectivity index (χ3n) is 2.67. The largest absolute Gasteiger partial charge is 0.480 e. The number of alkyl halides is 2. The van der Waals surface area contributed by atoms with Crippen LogP contribution in [0.3, 0.4) is 0 Å². The second-order valence-electron chi connectivity index (χ2n) is 3.80. The van der Waals surface area contributed by atoms with E-state index in [-0.39, 0.29) is 0 Å². The maximum absolute atomic E-state index is 13.8. The van der Waals surface area contributed by atoms with Crippen molar-refractivity contribution in [3.63, 3.8) is 0 Å². The monoisotopic (exact) mass is 252 g/mol. The molecule has 1 N–H and O–H groups in total. The molecular formula is C13H10ClFO2. The average molecular weight is 253 g/mol. The molecule has 2 rings (SSSR count). The smallest absolute Gasteiger partial charge is 0.332 e. The minimum atomic E-state index is -1.99. The first-order valence-corrected chi connectivity index (χ1v) is 5.44. The van der Waals surface area contributed by atoms with Crippen LogP contribution in [-0.4, -0.2) is 22.1 Å². The van der Waals surface area contributed by atoms with Crippen molar-refractivity contribution in [1.29, 1.82) is 0 Å². The molecule has 1 aromatic carbocycles. The van der Waals surface area contributed by atoms with Crippen LogP contribution >= 0.6 is 11.6 Å². The third-order valence-corrected chi connectivity index (χ3v) is 3.16. The molecule has 17 heavy (non-hydrogen) atoms. The van der Waals surface area contributed by atoms with E-state index in [4.69, 9.17) is 16.7 Å². The number of benzene rings is 1. The van der Waals surface area contributed by atoms with E-state index in [1.165, 1.54) is 18.2 Å². The highest BCUT2D eigenvalue weighted by Gasteiger charge is 2.43. The molecule has 0 saturated carbocycles. The Bertz CT molecular complexity index is 495. The quantitative estimate of drug-likeness (QED) is 0.822. The van der Waals surface area contributed by atoms with Crippen molar-refractivity contribution < 1.29 is 14.3 Å². The second kappa shape index (κ2) is 4.34. The van der Waals surface area contributed by atoms with E-state index >= 15 is 0 Å². The molecule has 0 aliphatic heterocycles. The summed E-state index contributed by atoms with van der Waals surface area (Å²) in [6.45, 7) is 0. The van der Waals surface area contributed by atoms with Crippen molar-refractivity contribution in [3.8, 4) is 0 Å². The molecule has 4 heteroatoms. The fourth-order valence-corrected chi connectivity index (χ4v) is 1.78. The molecule has 0 radical (unpaired) electrons. The normalized spacial score (nSPS) is 27.6. The van der Waals surface area contributed by atoms with Crippen LogP contribution in [0.4, 0.5) is 4.39 Å². The van der Waals surface area contributed by atoms with Crippen LogP contribution < -0.4 is 0 Å². The lowest BCUT2D eigenvalue weighted by Gasteiger charge is -2.24. The van der Waals surface area contributed by atoms with Gasteiger partial charge in [0.25, 0.3) is 0 Å². The summed E-state index contributed by atoms with van der Waals surface area (Å²) < 4.78 is 13.8. The van der Waals surface area contributed by atoms with Gasteiger partial charge >= 0.3 is 5.97 Å². The molecule has 0 spiro atoms. The van der Waals surface area contributed by atoms with Crippen molar-refractivity contribution in [3.05, 3.63) is 54.1 Å². The molecule has 0 saturated heterocycles. The Hall–Kier alpha value is -1.61. The van der Waals surface area contributed by atoms with Gasteiger partial charge in [-0.2, -0.15) is 0 Å². The van der Waals surface area contributed by atoms with Gasteiger partial charge in [-0.15, -0.1) is 0 Å². The zero-order valence-corrected chi connectivity index (χ0v) is 9.56. The van der Waals surface area contributed by atoms with E-state index in [0.717, 1.165) is 5.56 Å². The molecule has 2 unspecified atom stereocenters. The first-order chi connectivity index (χ1) is 8.04. The van der Waals surface area contributed by atoms with Gasteiger partial charge in [-0.05, 0) is 23.3 Å². The SMILES string of the molecule is O=C(O)C1(Cl)C=CC(c2ccccc2)=CC1F. The Morgan fingerprint density at radius 3 is 2.53 bits per heavy atom. The van der Waals surface area contributed by atoms with Crippen LogP contribution in [0.5, 0.6) is 0 Å². The summed E-state index contributed by atoms with van der Waals surface area (Å²) >= 11 is 5.71. The van der Waals surface area contributed by atoms with Gasteiger partial charge in [0.1, 0.15) is 0 Å². The van der Waals surface area contributed by atoms with E-state index in [9.17, 15) is 9.18 Å². The highest BCUT2D eigenvalue weighted by atomic mass is 35.5. The van der Waals surface area contributed by atoms with E-state index in [0.29, 0.717) is 5.57 Å². The predicted molar refractivity (Wildman–Crippen MR) is 64.7 cm³/mol. The summed E-state index contributed by atoms with van der Waals surface area (Å²) in [6.07, 6.45) is 2.20. The molecular weight excluding hydrogens is 243 g/mol. The van der Waals surface area contributed by atoms with Crippen LogP contribution in [0.2, 0.25) is 0 Å². The van der Waals surface area contributed by atoms with Gasteiger partial charge < -0.3 is 5.11 Å². The summed E-state index contributed by atoms with van der Waals surface area (Å²) in [6, 6.07) is 9.16. The van der Waals surface area contributed by atoms with Crippen LogP contribution in [0, 0.1) is 0 Å². The van der Waals surface area contributed by atoms with Gasteiger partial charge in [0.15, 0.2) is 11.0 Å². The van der Waals surface area contributed by atoms with Crippen LogP contribution in [0.15, 0.2) is 48.6 Å². The Morgan fingerprint density at radius 1 is 1.35 bits per heavy atom. The lowest BCUT2D eigenvalue weighted by Crippen LogP contribution is -2.40. The number of carboxylic acids is 1. The fraction of sp³-hybridized carbons (Fsp3) is 0.154. The highest BCUT2D eigenvalue weighted by Crippen LogP contribution is 2.34. The van der Waals surface area contributed by atoms with E-state index < -0.39 is 17.0 Å². The zero-order valence-electron chi connectivity index (χ0n) is 8.81. The molecule has 1 aliphatic carbocycles. The minimum absolute atomic E-state index is 0.635. The summed E-state index contributed by atoms with van der Waals surface area (Å²) in [5.41, 5.74) is 1.46. The maximum Gasteiger partial charge on any atom is 0.332 e. The molecule has 0 amide bonds. The van der Waals surface area contributed by atoms with Gasteiger partial charge in [0.2, 0.25) is 0 Å². The first-order valence-electron chi connectivity index (χ1n) is 5.07. The summed E-state index contributed by atoms with van der Waals surface area (Å²) in [5.74, 6) is -1.38. The second-order valence-corrected chi connectivity index (χ2v) is 4.42. The number of aliphatic carboxylic acids is 1. The van der Waals surface area contributed by atoms with E-state index in [2.05, 4.69) is 0 Å². The standard InChI is InChI=1S/C13H10ClFO2/c14-13(12(16)17)7-6-10(8-11(13)15)9-4-2-1-3-5-9/h1-8,11H,(H,16,17). The number of hydrogen-bond acceptors (Lipinski definition) is 1. The molecule has 0 heterocycles. The third kappa shape index (κ3) is 2.11. The van der Waals surface area contributed by atoms with Gasteiger partial charge in [-0.1, -0.05) is 48.0 Å². The summed E-state index contributed by atoms with van der Waals surface area (Å²) in [4.78, 5) is 8.89. The molecule has 88 valence electrons. The average Bonchev–Trinajstić information content (AvgIpc) is 2.33. The Balaban J connectivity index is 2.34. The molecule has 1 aromatic rings. The zero-order chi connectivity index (χ0) is 12.5. The maximum atomic E-state index is 13.8. The van der Waals surface area contributed by atoms with Crippen molar-refractivity contribution >= 4 is 23.1 Å². The first kappa shape index (κ1) is 11.9. The van der Waals surface area contributed by atoms with E-state index in [1.807, 2.05) is 30.3 Å². The number of hydrogen-bond donors (Lipinski definition) is 1. The van der Waals surface area contributed by atoms with Gasteiger partial charge in [0, 0.05) is 0 Å². The van der Waals surface area contributed by atoms with Crippen LogP contribution in [0.25, 0.3) is 5.57 Å². The molecule has 2 nitrogen and oxygen atoms in total. The molecule has 2 atom stereocenters. The van der Waals surface area contributed by atoms with Gasteiger partial charge in [-0.25, -0.2) is 9.18 Å². The van der Waals surface area contributed by atoms with Crippen molar-refractivity contribution in [2.24, 2.45) is 0 Å². The molecule has 0 aromatic heterocycles. The molecule has 0 fully saturated rings. The minimum Gasteiger partial charge on any atom is -0.480 e. The van der Waals surface area contributed by atoms with Crippen molar-refractivity contribution in [2.75, 3.05) is 0 Å². The topological polar surface area (TPSA) is 37.3 Å². The number of rotatable bonds is 2. The number of carbonyl (C=O) groups is 1. The molecule has 0 bridgehead atoms.